The summed E-state index contributed by atoms with van der Waals surface area (Å²) in [4.78, 5) is 8.03. The van der Waals surface area contributed by atoms with Gasteiger partial charge >= 0.3 is 0 Å². The minimum atomic E-state index is 0.723. The molecule has 3 nitrogen and oxygen atoms in total. The van der Waals surface area contributed by atoms with Crippen LogP contribution in [0.15, 0.2) is 24.3 Å². The number of aromatic amines is 1. The van der Waals surface area contributed by atoms with Crippen molar-refractivity contribution >= 4 is 12.2 Å². The first kappa shape index (κ1) is 13.3. The Morgan fingerprint density at radius 1 is 1.25 bits per heavy atom. The minimum Gasteiger partial charge on any atom is -0.496 e. The van der Waals surface area contributed by atoms with Crippen molar-refractivity contribution in [2.24, 2.45) is 0 Å². The van der Waals surface area contributed by atoms with Crippen LogP contribution in [0.25, 0.3) is 0 Å². The number of hydrogen-bond acceptors (Lipinski definition) is 3. The molecule has 0 atom stereocenters. The van der Waals surface area contributed by atoms with Gasteiger partial charge in [-0.3, -0.25) is 0 Å². The van der Waals surface area contributed by atoms with E-state index < -0.39 is 0 Å². The number of rotatable bonds is 3. The molecule has 0 radical (unpaired) electrons. The largest absolute Gasteiger partial charge is 0.496 e. The molecule has 1 heterocycles. The van der Waals surface area contributed by atoms with Crippen molar-refractivity contribution in [1.29, 1.82) is 0 Å². The fourth-order valence-electron chi connectivity index (χ4n) is 2.78. The second kappa shape index (κ2) is 5.75. The molecule has 1 aromatic carbocycles. The van der Waals surface area contributed by atoms with E-state index in [0.717, 1.165) is 41.0 Å². The number of methoxy groups -OCH3 is 1. The van der Waals surface area contributed by atoms with Crippen LogP contribution >= 0.6 is 12.2 Å². The highest BCUT2D eigenvalue weighted by Gasteiger charge is 2.14. The third kappa shape index (κ3) is 2.61. The maximum atomic E-state index is 5.44. The molecule has 0 spiro atoms. The van der Waals surface area contributed by atoms with Crippen LogP contribution in [-0.2, 0) is 19.3 Å². The summed E-state index contributed by atoms with van der Waals surface area (Å²) in [5.41, 5.74) is 3.65. The lowest BCUT2D eigenvalue weighted by molar-refractivity contribution is 0.410. The molecule has 0 fully saturated rings. The summed E-state index contributed by atoms with van der Waals surface area (Å²) in [6.07, 6.45) is 5.32. The summed E-state index contributed by atoms with van der Waals surface area (Å²) in [7, 11) is 1.70. The van der Waals surface area contributed by atoms with Gasteiger partial charge in [-0.15, -0.1) is 0 Å². The number of ether oxygens (including phenoxy) is 1. The number of aromatic nitrogens is 2. The smallest absolute Gasteiger partial charge is 0.133 e. The molecule has 0 amide bonds. The minimum absolute atomic E-state index is 0.723. The van der Waals surface area contributed by atoms with Crippen molar-refractivity contribution in [3.63, 3.8) is 0 Å². The summed E-state index contributed by atoms with van der Waals surface area (Å²) in [5.74, 6) is 1.83. The molecule has 4 heteroatoms. The van der Waals surface area contributed by atoms with Crippen molar-refractivity contribution in [2.75, 3.05) is 7.11 Å². The monoisotopic (exact) mass is 286 g/mol. The first-order chi connectivity index (χ1) is 9.78. The average molecular weight is 286 g/mol. The summed E-state index contributed by atoms with van der Waals surface area (Å²) in [5, 5.41) is 0. The van der Waals surface area contributed by atoms with Gasteiger partial charge in [0.1, 0.15) is 16.2 Å². The molecule has 1 aromatic heterocycles. The molecule has 0 saturated carbocycles. The maximum Gasteiger partial charge on any atom is 0.133 e. The number of benzene rings is 1. The number of nitrogens with one attached hydrogen (secondary N) is 1. The first-order valence-electron chi connectivity index (χ1n) is 7.01. The summed E-state index contributed by atoms with van der Waals surface area (Å²) < 4.78 is 6.16. The molecule has 2 aromatic rings. The van der Waals surface area contributed by atoms with E-state index >= 15 is 0 Å². The van der Waals surface area contributed by atoms with E-state index in [0.29, 0.717) is 0 Å². The Morgan fingerprint density at radius 3 is 2.90 bits per heavy atom. The molecular weight excluding hydrogens is 268 g/mol. The van der Waals surface area contributed by atoms with Gasteiger partial charge in [-0.25, -0.2) is 4.98 Å². The summed E-state index contributed by atoms with van der Waals surface area (Å²) in [6, 6.07) is 8.04. The predicted molar refractivity (Wildman–Crippen MR) is 81.9 cm³/mol. The van der Waals surface area contributed by atoms with E-state index in [1.165, 1.54) is 24.1 Å². The molecule has 0 aliphatic heterocycles. The van der Waals surface area contributed by atoms with E-state index in [4.69, 9.17) is 17.0 Å². The van der Waals surface area contributed by atoms with Gasteiger partial charge in [-0.2, -0.15) is 0 Å². The standard InChI is InChI=1S/C16H18N2OS/c1-19-14-9-5-2-6-11(14)10-15-17-13-8-4-3-7-12(13)16(20)18-15/h2,5-6,9H,3-4,7-8,10H2,1H3,(H,17,18,20). The average Bonchev–Trinajstić information content (AvgIpc) is 2.48. The van der Waals surface area contributed by atoms with Crippen molar-refractivity contribution in [3.05, 3.63) is 51.6 Å². The number of fused-ring (bicyclic) bond motifs is 1. The third-order valence-electron chi connectivity index (χ3n) is 3.81. The second-order valence-corrected chi connectivity index (χ2v) is 5.53. The number of aryl methyl sites for hydroxylation is 1. The quantitative estimate of drug-likeness (QED) is 0.876. The van der Waals surface area contributed by atoms with E-state index in [1.807, 2.05) is 18.2 Å². The Labute approximate surface area is 124 Å². The van der Waals surface area contributed by atoms with Gasteiger partial charge in [0.05, 0.1) is 7.11 Å². The van der Waals surface area contributed by atoms with Crippen molar-refractivity contribution in [2.45, 2.75) is 32.1 Å². The van der Waals surface area contributed by atoms with E-state index in [2.05, 4.69) is 16.0 Å². The van der Waals surface area contributed by atoms with Gasteiger partial charge in [-0.05, 0) is 31.7 Å². The van der Waals surface area contributed by atoms with Crippen LogP contribution in [0, 0.1) is 4.64 Å². The van der Waals surface area contributed by atoms with Gasteiger partial charge in [0.2, 0.25) is 0 Å². The summed E-state index contributed by atoms with van der Waals surface area (Å²) in [6.45, 7) is 0. The second-order valence-electron chi connectivity index (χ2n) is 5.14. The normalized spacial score (nSPS) is 13.8. The number of para-hydroxylation sites is 1. The summed E-state index contributed by atoms with van der Waals surface area (Å²) >= 11 is 5.44. The number of hydrogen-bond donors (Lipinski definition) is 1. The van der Waals surface area contributed by atoms with E-state index in [1.54, 1.807) is 7.11 Å². The van der Waals surface area contributed by atoms with Crippen molar-refractivity contribution < 1.29 is 4.74 Å². The zero-order chi connectivity index (χ0) is 13.9. The topological polar surface area (TPSA) is 37.9 Å². The number of H-pyrrole nitrogens is 1. The third-order valence-corrected chi connectivity index (χ3v) is 4.15. The highest BCUT2D eigenvalue weighted by atomic mass is 32.1. The Kier molecular flexibility index (Phi) is 3.83. The Morgan fingerprint density at radius 2 is 2.05 bits per heavy atom. The highest BCUT2D eigenvalue weighted by Crippen LogP contribution is 2.23. The lowest BCUT2D eigenvalue weighted by Gasteiger charge is -2.17. The van der Waals surface area contributed by atoms with Gasteiger partial charge in [0, 0.05) is 23.2 Å². The molecule has 3 rings (SSSR count). The maximum absolute atomic E-state index is 5.44. The fourth-order valence-corrected chi connectivity index (χ4v) is 3.12. The SMILES string of the molecule is COc1ccccc1Cc1nc(=S)c2c([nH]1)CCCC2. The molecule has 20 heavy (non-hydrogen) atoms. The van der Waals surface area contributed by atoms with E-state index in [-0.39, 0.29) is 0 Å². The molecule has 0 unspecified atom stereocenters. The van der Waals surface area contributed by atoms with Gasteiger partial charge in [0.25, 0.3) is 0 Å². The van der Waals surface area contributed by atoms with Gasteiger partial charge in [-0.1, -0.05) is 30.4 Å². The van der Waals surface area contributed by atoms with Crippen LogP contribution in [0.3, 0.4) is 0 Å². The van der Waals surface area contributed by atoms with Crippen LogP contribution < -0.4 is 4.74 Å². The lowest BCUT2D eigenvalue weighted by atomic mass is 9.97. The van der Waals surface area contributed by atoms with Crippen LogP contribution in [0.5, 0.6) is 5.75 Å². The molecule has 1 aliphatic carbocycles. The predicted octanol–water partition coefficient (Wildman–Crippen LogP) is 3.62. The van der Waals surface area contributed by atoms with Crippen LogP contribution in [0.2, 0.25) is 0 Å². The molecule has 1 N–H and O–H groups in total. The highest BCUT2D eigenvalue weighted by molar-refractivity contribution is 7.71. The van der Waals surface area contributed by atoms with Crippen LogP contribution in [0.4, 0.5) is 0 Å². The molecule has 0 bridgehead atoms. The molecule has 1 aliphatic rings. The first-order valence-corrected chi connectivity index (χ1v) is 7.41. The zero-order valence-corrected chi connectivity index (χ0v) is 12.4. The van der Waals surface area contributed by atoms with Crippen molar-refractivity contribution in [3.8, 4) is 5.75 Å². The van der Waals surface area contributed by atoms with E-state index in [9.17, 15) is 0 Å². The van der Waals surface area contributed by atoms with Crippen LogP contribution in [0.1, 0.15) is 35.5 Å². The fraction of sp³-hybridized carbons (Fsp3) is 0.375. The van der Waals surface area contributed by atoms with Gasteiger partial charge in [0.15, 0.2) is 0 Å². The van der Waals surface area contributed by atoms with Crippen molar-refractivity contribution in [1.82, 2.24) is 9.97 Å². The Balaban J connectivity index is 1.95. The lowest BCUT2D eigenvalue weighted by Crippen LogP contribution is -2.11. The zero-order valence-electron chi connectivity index (χ0n) is 11.6. The van der Waals surface area contributed by atoms with Gasteiger partial charge < -0.3 is 9.72 Å². The van der Waals surface area contributed by atoms with Crippen LogP contribution in [-0.4, -0.2) is 17.1 Å². The Hall–Kier alpha value is -1.68. The molecule has 104 valence electrons. The number of nitrogens with zero attached hydrogens (tertiary/aromatic N) is 1. The Bertz CT molecular complexity index is 678. The molecular formula is C16H18N2OS. The molecule has 0 saturated heterocycles.